The smallest absolute Gasteiger partial charge is 0.257 e. The lowest BCUT2D eigenvalue weighted by Gasteiger charge is -2.32. The molecule has 1 atom stereocenters. The number of carbonyl (C=O) groups is 1. The lowest BCUT2D eigenvalue weighted by atomic mass is 10.1. The topological polar surface area (TPSA) is 79.4 Å². The standard InChI is InChI=1S/C20H25N3O3S/c1-14-7-10-19(21-13-14)22-20(24)18-12-17(9-8-15(18)2)27(25,26)23-11-5-4-6-16(23)3/h7-10,12-13,16H,4-6,11H2,1-3H3,(H,21,22,24). The first-order chi connectivity index (χ1) is 12.8. The fourth-order valence-electron chi connectivity index (χ4n) is 3.30. The van der Waals surface area contributed by atoms with Gasteiger partial charge in [0.2, 0.25) is 10.0 Å². The van der Waals surface area contributed by atoms with Crippen LogP contribution in [0.15, 0.2) is 41.4 Å². The van der Waals surface area contributed by atoms with Crippen LogP contribution in [-0.4, -0.2) is 36.2 Å². The molecule has 144 valence electrons. The first-order valence-electron chi connectivity index (χ1n) is 9.15. The third-order valence-corrected chi connectivity index (χ3v) is 6.96. The molecular formula is C20H25N3O3S. The number of amides is 1. The monoisotopic (exact) mass is 387 g/mol. The summed E-state index contributed by atoms with van der Waals surface area (Å²) >= 11 is 0. The van der Waals surface area contributed by atoms with E-state index in [0.29, 0.717) is 23.5 Å². The Labute approximate surface area is 160 Å². The first-order valence-corrected chi connectivity index (χ1v) is 10.6. The van der Waals surface area contributed by atoms with Crippen LogP contribution in [0.25, 0.3) is 0 Å². The van der Waals surface area contributed by atoms with Crippen molar-refractivity contribution < 1.29 is 13.2 Å². The summed E-state index contributed by atoms with van der Waals surface area (Å²) < 4.78 is 27.7. The second-order valence-corrected chi connectivity index (χ2v) is 9.00. The molecule has 1 amide bonds. The van der Waals surface area contributed by atoms with Gasteiger partial charge in [-0.2, -0.15) is 4.31 Å². The van der Waals surface area contributed by atoms with Crippen LogP contribution in [0, 0.1) is 13.8 Å². The average Bonchev–Trinajstić information content (AvgIpc) is 2.64. The number of nitrogens with zero attached hydrogens (tertiary/aromatic N) is 2. The predicted octanol–water partition coefficient (Wildman–Crippen LogP) is 3.51. The SMILES string of the molecule is Cc1ccc(NC(=O)c2cc(S(=O)(=O)N3CCCCC3C)ccc2C)nc1. The minimum Gasteiger partial charge on any atom is -0.307 e. The minimum absolute atomic E-state index is 0.0286. The van der Waals surface area contributed by atoms with Crippen molar-refractivity contribution in [3.63, 3.8) is 0 Å². The van der Waals surface area contributed by atoms with Crippen LogP contribution in [0.4, 0.5) is 5.82 Å². The van der Waals surface area contributed by atoms with E-state index in [0.717, 1.165) is 24.8 Å². The average molecular weight is 388 g/mol. The molecule has 7 heteroatoms. The number of aromatic nitrogens is 1. The number of benzene rings is 1. The van der Waals surface area contributed by atoms with Crippen molar-refractivity contribution in [3.05, 3.63) is 53.2 Å². The van der Waals surface area contributed by atoms with Gasteiger partial charge in [0.1, 0.15) is 5.82 Å². The number of carbonyl (C=O) groups excluding carboxylic acids is 1. The number of aryl methyl sites for hydroxylation is 2. The van der Waals surface area contributed by atoms with Crippen LogP contribution >= 0.6 is 0 Å². The Morgan fingerprint density at radius 3 is 2.63 bits per heavy atom. The molecule has 6 nitrogen and oxygen atoms in total. The van der Waals surface area contributed by atoms with E-state index in [1.807, 2.05) is 19.9 Å². The number of piperidine rings is 1. The van der Waals surface area contributed by atoms with E-state index < -0.39 is 10.0 Å². The van der Waals surface area contributed by atoms with E-state index in [1.54, 1.807) is 35.6 Å². The summed E-state index contributed by atoms with van der Waals surface area (Å²) in [7, 11) is -3.62. The zero-order valence-corrected chi connectivity index (χ0v) is 16.7. The van der Waals surface area contributed by atoms with Gasteiger partial charge in [-0.05, 0) is 62.9 Å². The predicted molar refractivity (Wildman–Crippen MR) is 105 cm³/mol. The highest BCUT2D eigenvalue weighted by atomic mass is 32.2. The fourth-order valence-corrected chi connectivity index (χ4v) is 5.02. The highest BCUT2D eigenvalue weighted by Gasteiger charge is 2.31. The van der Waals surface area contributed by atoms with Crippen LogP contribution in [0.2, 0.25) is 0 Å². The van der Waals surface area contributed by atoms with Gasteiger partial charge < -0.3 is 5.32 Å². The number of pyridine rings is 1. The Balaban J connectivity index is 1.89. The number of sulfonamides is 1. The zero-order valence-electron chi connectivity index (χ0n) is 15.9. The van der Waals surface area contributed by atoms with Crippen LogP contribution in [-0.2, 0) is 10.0 Å². The Kier molecular flexibility index (Phi) is 5.62. The van der Waals surface area contributed by atoms with E-state index in [2.05, 4.69) is 10.3 Å². The molecule has 2 aromatic rings. The fraction of sp³-hybridized carbons (Fsp3) is 0.400. The highest BCUT2D eigenvalue weighted by Crippen LogP contribution is 2.26. The molecule has 1 aliphatic rings. The molecule has 3 rings (SSSR count). The zero-order chi connectivity index (χ0) is 19.6. The van der Waals surface area contributed by atoms with Gasteiger partial charge in [0, 0.05) is 24.3 Å². The van der Waals surface area contributed by atoms with Crippen LogP contribution in [0.1, 0.15) is 47.7 Å². The van der Waals surface area contributed by atoms with Crippen LogP contribution in [0.5, 0.6) is 0 Å². The summed E-state index contributed by atoms with van der Waals surface area (Å²) in [6.07, 6.45) is 4.43. The number of anilines is 1. The van der Waals surface area contributed by atoms with Crippen LogP contribution in [0.3, 0.4) is 0 Å². The lowest BCUT2D eigenvalue weighted by molar-refractivity contribution is 0.102. The summed E-state index contributed by atoms with van der Waals surface area (Å²) in [6.45, 7) is 6.16. The van der Waals surface area contributed by atoms with Crippen molar-refractivity contribution in [3.8, 4) is 0 Å². The summed E-state index contributed by atoms with van der Waals surface area (Å²) in [4.78, 5) is 17.0. The van der Waals surface area contributed by atoms with E-state index in [-0.39, 0.29) is 16.8 Å². The first kappa shape index (κ1) is 19.5. The molecule has 0 bridgehead atoms. The van der Waals surface area contributed by atoms with Gasteiger partial charge in [0.25, 0.3) is 5.91 Å². The van der Waals surface area contributed by atoms with Crippen molar-refractivity contribution in [2.24, 2.45) is 0 Å². The van der Waals surface area contributed by atoms with Gasteiger partial charge in [-0.1, -0.05) is 18.6 Å². The third kappa shape index (κ3) is 4.20. The summed E-state index contributed by atoms with van der Waals surface area (Å²) in [5.74, 6) is 0.0653. The Bertz CT molecular complexity index is 939. The summed E-state index contributed by atoms with van der Waals surface area (Å²) in [6, 6.07) is 8.27. The highest BCUT2D eigenvalue weighted by molar-refractivity contribution is 7.89. The molecule has 1 N–H and O–H groups in total. The second-order valence-electron chi connectivity index (χ2n) is 7.11. The van der Waals surface area contributed by atoms with Gasteiger partial charge >= 0.3 is 0 Å². The van der Waals surface area contributed by atoms with Crippen molar-refractivity contribution in [2.45, 2.75) is 51.0 Å². The molecule has 1 saturated heterocycles. The van der Waals surface area contributed by atoms with Crippen molar-refractivity contribution in [1.82, 2.24) is 9.29 Å². The maximum absolute atomic E-state index is 13.1. The molecule has 0 saturated carbocycles. The van der Waals surface area contributed by atoms with E-state index >= 15 is 0 Å². The Morgan fingerprint density at radius 2 is 1.96 bits per heavy atom. The number of rotatable bonds is 4. The van der Waals surface area contributed by atoms with Gasteiger partial charge in [0.05, 0.1) is 4.90 Å². The van der Waals surface area contributed by atoms with E-state index in [1.165, 1.54) is 6.07 Å². The maximum Gasteiger partial charge on any atom is 0.257 e. The molecule has 27 heavy (non-hydrogen) atoms. The molecular weight excluding hydrogens is 362 g/mol. The van der Waals surface area contributed by atoms with Crippen LogP contribution < -0.4 is 5.32 Å². The van der Waals surface area contributed by atoms with Gasteiger partial charge in [-0.25, -0.2) is 13.4 Å². The van der Waals surface area contributed by atoms with E-state index in [4.69, 9.17) is 0 Å². The molecule has 2 heterocycles. The van der Waals surface area contributed by atoms with Crippen molar-refractivity contribution in [1.29, 1.82) is 0 Å². The normalized spacial score (nSPS) is 18.3. The second kappa shape index (κ2) is 7.78. The molecule has 1 aliphatic heterocycles. The third-order valence-electron chi connectivity index (χ3n) is 4.96. The molecule has 0 radical (unpaired) electrons. The van der Waals surface area contributed by atoms with Crippen molar-refractivity contribution in [2.75, 3.05) is 11.9 Å². The van der Waals surface area contributed by atoms with Gasteiger partial charge in [-0.3, -0.25) is 4.79 Å². The molecule has 1 aromatic carbocycles. The Hall–Kier alpha value is -2.25. The molecule has 0 aliphatic carbocycles. The van der Waals surface area contributed by atoms with Crippen molar-refractivity contribution >= 4 is 21.7 Å². The number of nitrogens with one attached hydrogen (secondary N) is 1. The Morgan fingerprint density at radius 1 is 1.19 bits per heavy atom. The molecule has 0 spiro atoms. The lowest BCUT2D eigenvalue weighted by Crippen LogP contribution is -2.42. The van der Waals surface area contributed by atoms with Gasteiger partial charge in [0.15, 0.2) is 0 Å². The number of hydrogen-bond acceptors (Lipinski definition) is 4. The minimum atomic E-state index is -3.62. The summed E-state index contributed by atoms with van der Waals surface area (Å²) in [5.41, 5.74) is 2.04. The number of hydrogen-bond donors (Lipinski definition) is 1. The molecule has 1 unspecified atom stereocenters. The maximum atomic E-state index is 13.1. The quantitative estimate of drug-likeness (QED) is 0.871. The van der Waals surface area contributed by atoms with Gasteiger partial charge in [-0.15, -0.1) is 0 Å². The van der Waals surface area contributed by atoms with E-state index in [9.17, 15) is 13.2 Å². The summed E-state index contributed by atoms with van der Waals surface area (Å²) in [5, 5.41) is 2.73. The molecule has 1 fully saturated rings. The largest absolute Gasteiger partial charge is 0.307 e. The molecule has 1 aromatic heterocycles.